The average molecular weight is 425 g/mol. The third-order valence-electron chi connectivity index (χ3n) is 5.58. The zero-order valence-corrected chi connectivity index (χ0v) is 17.8. The van der Waals surface area contributed by atoms with Crippen molar-refractivity contribution in [2.24, 2.45) is 0 Å². The predicted molar refractivity (Wildman–Crippen MR) is 119 cm³/mol. The maximum atomic E-state index is 12.6. The first-order chi connectivity index (χ1) is 15.2. The fourth-order valence-corrected chi connectivity index (χ4v) is 3.90. The van der Waals surface area contributed by atoms with Gasteiger partial charge < -0.3 is 19.7 Å². The minimum atomic E-state index is -0.348. The number of hydrogen-bond acceptors (Lipinski definition) is 6. The highest BCUT2D eigenvalue weighted by Gasteiger charge is 2.22. The van der Waals surface area contributed by atoms with Gasteiger partial charge in [0.25, 0.3) is 0 Å². The lowest BCUT2D eigenvalue weighted by Gasteiger charge is -2.31. The third kappa shape index (κ3) is 4.95. The molecule has 1 aliphatic rings. The van der Waals surface area contributed by atoms with Crippen molar-refractivity contribution in [2.75, 3.05) is 44.1 Å². The van der Waals surface area contributed by atoms with E-state index in [-0.39, 0.29) is 12.1 Å². The standard InChI is InChI=1S/C22H28N6O3/c1-30-14-19(15-6-4-3-5-7-15)24-22(29)25-20-12-18-17(13-23-20)21(27-26-18)28-10-8-16(31-2)9-11-28/h3-7,12-13,16,19H,8-11,14H2,1-2H3,(H,26,27)(H2,23,24,25,29)/t19-/m1/s1. The Morgan fingerprint density at radius 2 is 2.03 bits per heavy atom. The van der Waals surface area contributed by atoms with Crippen LogP contribution in [0.15, 0.2) is 42.6 Å². The molecular weight excluding hydrogens is 396 g/mol. The zero-order chi connectivity index (χ0) is 21.6. The van der Waals surface area contributed by atoms with Crippen LogP contribution in [0.5, 0.6) is 0 Å². The molecule has 0 saturated carbocycles. The van der Waals surface area contributed by atoms with Gasteiger partial charge in [-0.15, -0.1) is 0 Å². The fraction of sp³-hybridized carbons (Fsp3) is 0.409. The van der Waals surface area contributed by atoms with Crippen molar-refractivity contribution >= 4 is 28.6 Å². The monoisotopic (exact) mass is 424 g/mol. The lowest BCUT2D eigenvalue weighted by atomic mass is 10.1. The van der Waals surface area contributed by atoms with Crippen molar-refractivity contribution in [3.63, 3.8) is 0 Å². The molecular formula is C22H28N6O3. The van der Waals surface area contributed by atoms with Gasteiger partial charge in [-0.2, -0.15) is 5.10 Å². The molecule has 2 amide bonds. The summed E-state index contributed by atoms with van der Waals surface area (Å²) >= 11 is 0. The highest BCUT2D eigenvalue weighted by atomic mass is 16.5. The summed E-state index contributed by atoms with van der Waals surface area (Å²) in [7, 11) is 3.37. The molecule has 1 fully saturated rings. The maximum absolute atomic E-state index is 12.6. The first-order valence-electron chi connectivity index (χ1n) is 10.4. The Morgan fingerprint density at radius 1 is 1.26 bits per heavy atom. The van der Waals surface area contributed by atoms with E-state index in [2.05, 4.69) is 30.7 Å². The first-order valence-corrected chi connectivity index (χ1v) is 10.4. The first kappa shape index (κ1) is 21.1. The van der Waals surface area contributed by atoms with Crippen molar-refractivity contribution in [1.82, 2.24) is 20.5 Å². The number of aromatic nitrogens is 3. The van der Waals surface area contributed by atoms with Crippen LogP contribution in [-0.4, -0.2) is 61.2 Å². The van der Waals surface area contributed by atoms with E-state index in [1.54, 1.807) is 26.5 Å². The smallest absolute Gasteiger partial charge is 0.320 e. The molecule has 2 aromatic heterocycles. The van der Waals surface area contributed by atoms with E-state index >= 15 is 0 Å². The number of nitrogens with one attached hydrogen (secondary N) is 3. The quantitative estimate of drug-likeness (QED) is 0.538. The van der Waals surface area contributed by atoms with E-state index in [9.17, 15) is 4.79 Å². The van der Waals surface area contributed by atoms with E-state index in [1.807, 2.05) is 30.3 Å². The molecule has 9 heteroatoms. The highest BCUT2D eigenvalue weighted by Crippen LogP contribution is 2.27. The largest absolute Gasteiger partial charge is 0.382 e. The van der Waals surface area contributed by atoms with Crippen LogP contribution in [-0.2, 0) is 9.47 Å². The van der Waals surface area contributed by atoms with Crippen LogP contribution in [0.4, 0.5) is 16.4 Å². The minimum absolute atomic E-state index is 0.260. The number of ether oxygens (including phenoxy) is 2. The van der Waals surface area contributed by atoms with Gasteiger partial charge in [-0.3, -0.25) is 10.4 Å². The molecule has 0 radical (unpaired) electrons. The van der Waals surface area contributed by atoms with Gasteiger partial charge >= 0.3 is 6.03 Å². The molecule has 1 aliphatic heterocycles. The number of fused-ring (bicyclic) bond motifs is 1. The molecule has 1 saturated heterocycles. The van der Waals surface area contributed by atoms with Crippen molar-refractivity contribution in [3.05, 3.63) is 48.2 Å². The number of anilines is 2. The number of piperidine rings is 1. The summed E-state index contributed by atoms with van der Waals surface area (Å²) in [6, 6.07) is 10.9. The second kappa shape index (κ2) is 9.76. The Morgan fingerprint density at radius 3 is 2.74 bits per heavy atom. The van der Waals surface area contributed by atoms with Gasteiger partial charge in [-0.25, -0.2) is 9.78 Å². The van der Waals surface area contributed by atoms with Crippen LogP contribution in [0, 0.1) is 0 Å². The van der Waals surface area contributed by atoms with Gasteiger partial charge in [0.15, 0.2) is 5.82 Å². The summed E-state index contributed by atoms with van der Waals surface area (Å²) in [6.45, 7) is 2.15. The van der Waals surface area contributed by atoms with E-state index in [4.69, 9.17) is 9.47 Å². The normalized spacial score (nSPS) is 15.7. The van der Waals surface area contributed by atoms with Gasteiger partial charge in [-0.1, -0.05) is 30.3 Å². The number of aromatic amines is 1. The molecule has 0 aliphatic carbocycles. The fourth-order valence-electron chi connectivity index (χ4n) is 3.90. The number of amides is 2. The number of benzene rings is 1. The summed E-state index contributed by atoms with van der Waals surface area (Å²) < 4.78 is 10.7. The van der Waals surface area contributed by atoms with Crippen LogP contribution in [0.25, 0.3) is 10.9 Å². The van der Waals surface area contributed by atoms with Gasteiger partial charge in [-0.05, 0) is 18.4 Å². The molecule has 164 valence electrons. The maximum Gasteiger partial charge on any atom is 0.320 e. The molecule has 0 spiro atoms. The Bertz CT molecular complexity index is 1000. The number of H-pyrrole nitrogens is 1. The van der Waals surface area contributed by atoms with Crippen molar-refractivity contribution in [2.45, 2.75) is 25.0 Å². The summed E-state index contributed by atoms with van der Waals surface area (Å²) in [6.07, 6.45) is 4.01. The average Bonchev–Trinajstić information content (AvgIpc) is 3.22. The Hall–Kier alpha value is -3.17. The molecule has 1 atom stereocenters. The lowest BCUT2D eigenvalue weighted by Crippen LogP contribution is -2.36. The number of carbonyl (C=O) groups excluding carboxylic acids is 1. The molecule has 3 aromatic rings. The van der Waals surface area contributed by atoms with Crippen molar-refractivity contribution in [3.8, 4) is 0 Å². The minimum Gasteiger partial charge on any atom is -0.382 e. The Kier molecular flexibility index (Phi) is 6.63. The molecule has 0 bridgehead atoms. The molecule has 9 nitrogen and oxygen atoms in total. The second-order valence-corrected chi connectivity index (χ2v) is 7.60. The summed E-state index contributed by atoms with van der Waals surface area (Å²) in [4.78, 5) is 19.2. The molecule has 4 rings (SSSR count). The molecule has 3 heterocycles. The second-order valence-electron chi connectivity index (χ2n) is 7.60. The van der Waals surface area contributed by atoms with Crippen LogP contribution < -0.4 is 15.5 Å². The molecule has 1 aromatic carbocycles. The number of methoxy groups -OCH3 is 2. The third-order valence-corrected chi connectivity index (χ3v) is 5.58. The van der Waals surface area contributed by atoms with Gasteiger partial charge in [0.1, 0.15) is 5.82 Å². The van der Waals surface area contributed by atoms with Crippen LogP contribution in [0.2, 0.25) is 0 Å². The van der Waals surface area contributed by atoms with Gasteiger partial charge in [0.05, 0.1) is 29.7 Å². The molecule has 0 unspecified atom stereocenters. The van der Waals surface area contributed by atoms with Crippen LogP contribution >= 0.6 is 0 Å². The number of carbonyl (C=O) groups is 1. The van der Waals surface area contributed by atoms with Gasteiger partial charge in [0, 0.05) is 39.6 Å². The topological polar surface area (TPSA) is 104 Å². The summed E-state index contributed by atoms with van der Waals surface area (Å²) in [5, 5.41) is 14.2. The van der Waals surface area contributed by atoms with Crippen LogP contribution in [0.1, 0.15) is 24.4 Å². The Balaban J connectivity index is 1.42. The Labute approximate surface area is 181 Å². The van der Waals surface area contributed by atoms with Crippen molar-refractivity contribution in [1.29, 1.82) is 0 Å². The van der Waals surface area contributed by atoms with Crippen molar-refractivity contribution < 1.29 is 14.3 Å². The number of urea groups is 1. The number of pyridine rings is 1. The van der Waals surface area contributed by atoms with Gasteiger partial charge in [0.2, 0.25) is 0 Å². The summed E-state index contributed by atoms with van der Waals surface area (Å²) in [5.74, 6) is 1.33. The summed E-state index contributed by atoms with van der Waals surface area (Å²) in [5.41, 5.74) is 1.80. The number of hydrogen-bond donors (Lipinski definition) is 3. The van der Waals surface area contributed by atoms with Crippen LogP contribution in [0.3, 0.4) is 0 Å². The SMILES string of the molecule is COC[C@@H](NC(=O)Nc1cc2[nH]nc(N3CCC(OC)CC3)c2cn1)c1ccccc1. The van der Waals surface area contributed by atoms with E-state index < -0.39 is 0 Å². The number of rotatable bonds is 7. The zero-order valence-electron chi connectivity index (χ0n) is 17.8. The molecule has 3 N–H and O–H groups in total. The predicted octanol–water partition coefficient (Wildman–Crippen LogP) is 3.08. The highest BCUT2D eigenvalue weighted by molar-refractivity contribution is 5.94. The van der Waals surface area contributed by atoms with E-state index in [0.717, 1.165) is 48.2 Å². The molecule has 31 heavy (non-hydrogen) atoms. The van der Waals surface area contributed by atoms with E-state index in [1.165, 1.54) is 0 Å². The lowest BCUT2D eigenvalue weighted by molar-refractivity contribution is 0.0818. The van der Waals surface area contributed by atoms with E-state index in [0.29, 0.717) is 18.5 Å². The number of nitrogens with zero attached hydrogens (tertiary/aromatic N) is 3.